The van der Waals surface area contributed by atoms with Gasteiger partial charge in [0.2, 0.25) is 5.82 Å². The summed E-state index contributed by atoms with van der Waals surface area (Å²) in [5.41, 5.74) is 4.65. The van der Waals surface area contributed by atoms with Gasteiger partial charge < -0.3 is 9.84 Å². The van der Waals surface area contributed by atoms with Gasteiger partial charge in [0.1, 0.15) is 0 Å². The van der Waals surface area contributed by atoms with Gasteiger partial charge >= 0.3 is 6.03 Å². The van der Waals surface area contributed by atoms with Gasteiger partial charge in [-0.05, 0) is 37.3 Å². The number of carbonyl (C=O) groups is 1. The molecule has 0 fully saturated rings. The van der Waals surface area contributed by atoms with Crippen LogP contribution in [0.15, 0.2) is 82.3 Å². The van der Waals surface area contributed by atoms with Crippen LogP contribution in [0.2, 0.25) is 0 Å². The van der Waals surface area contributed by atoms with E-state index in [-0.39, 0.29) is 12.1 Å². The molecule has 4 aromatic rings. The molecule has 1 aliphatic heterocycles. The highest BCUT2D eigenvalue weighted by molar-refractivity contribution is 7.09. The van der Waals surface area contributed by atoms with Crippen molar-refractivity contribution < 1.29 is 9.32 Å². The summed E-state index contributed by atoms with van der Waals surface area (Å²) >= 11 is 1.70. The third kappa shape index (κ3) is 4.32. The topological polar surface area (TPSA) is 71.3 Å². The lowest BCUT2D eigenvalue weighted by molar-refractivity contribution is 0.205. The Bertz CT molecular complexity index is 1280. The Morgan fingerprint density at radius 2 is 1.82 bits per heavy atom. The van der Waals surface area contributed by atoms with Crippen LogP contribution in [0.4, 0.5) is 4.79 Å². The molecule has 0 bridgehead atoms. The van der Waals surface area contributed by atoms with Crippen LogP contribution in [-0.2, 0) is 6.42 Å². The number of carbonyl (C=O) groups excluding carboxylic acids is 1. The zero-order chi connectivity index (χ0) is 22.8. The molecule has 3 heterocycles. The smallest absolute Gasteiger partial charge is 0.322 e. The van der Waals surface area contributed by atoms with Crippen LogP contribution in [0, 0.1) is 6.92 Å². The molecule has 1 N–H and O–H groups in total. The molecule has 1 aliphatic rings. The molecule has 166 valence electrons. The van der Waals surface area contributed by atoms with Gasteiger partial charge in [0.05, 0.1) is 11.6 Å². The number of allylic oxidation sites excluding steroid dienone is 1. The summed E-state index contributed by atoms with van der Waals surface area (Å²) in [7, 11) is 0. The highest BCUT2D eigenvalue weighted by Gasteiger charge is 2.35. The van der Waals surface area contributed by atoms with Crippen LogP contribution in [0.25, 0.3) is 17.0 Å². The lowest BCUT2D eigenvalue weighted by atomic mass is 9.94. The molecule has 2 aromatic heterocycles. The van der Waals surface area contributed by atoms with Crippen molar-refractivity contribution in [1.29, 1.82) is 0 Å². The maximum atomic E-state index is 13.1. The Morgan fingerprint density at radius 1 is 1.03 bits per heavy atom. The van der Waals surface area contributed by atoms with Gasteiger partial charge in [0, 0.05) is 22.7 Å². The van der Waals surface area contributed by atoms with Crippen molar-refractivity contribution in [2.45, 2.75) is 26.3 Å². The average molecular weight is 457 g/mol. The first-order valence-corrected chi connectivity index (χ1v) is 11.8. The second-order valence-electron chi connectivity index (χ2n) is 8.06. The third-order valence-corrected chi connectivity index (χ3v) is 6.79. The summed E-state index contributed by atoms with van der Waals surface area (Å²) in [6.45, 7) is 4.57. The normalized spacial score (nSPS) is 16.2. The van der Waals surface area contributed by atoms with Crippen LogP contribution in [0.1, 0.15) is 34.9 Å². The lowest BCUT2D eigenvalue weighted by Gasteiger charge is -2.35. The van der Waals surface area contributed by atoms with Crippen molar-refractivity contribution in [2.75, 3.05) is 6.54 Å². The molecule has 1 unspecified atom stereocenters. The number of aryl methyl sites for hydroxylation is 1. The third-order valence-electron chi connectivity index (χ3n) is 5.86. The largest absolute Gasteiger partial charge is 0.334 e. The molecule has 6 nitrogen and oxygen atoms in total. The van der Waals surface area contributed by atoms with Gasteiger partial charge in [-0.2, -0.15) is 4.98 Å². The number of amides is 2. The molecule has 7 heteroatoms. The van der Waals surface area contributed by atoms with E-state index in [0.29, 0.717) is 18.3 Å². The first kappa shape index (κ1) is 21.2. The second kappa shape index (κ2) is 9.03. The van der Waals surface area contributed by atoms with Crippen molar-refractivity contribution in [3.63, 3.8) is 0 Å². The minimum absolute atomic E-state index is 0.124. The van der Waals surface area contributed by atoms with Crippen LogP contribution >= 0.6 is 11.3 Å². The molecule has 5 rings (SSSR count). The van der Waals surface area contributed by atoms with Crippen molar-refractivity contribution in [1.82, 2.24) is 20.4 Å². The molecule has 0 saturated heterocycles. The average Bonchev–Trinajstić information content (AvgIpc) is 3.52. The van der Waals surface area contributed by atoms with Crippen molar-refractivity contribution in [3.8, 4) is 11.4 Å². The van der Waals surface area contributed by atoms with E-state index in [9.17, 15) is 4.79 Å². The molecule has 2 aromatic carbocycles. The summed E-state index contributed by atoms with van der Waals surface area (Å²) in [4.78, 5) is 20.8. The summed E-state index contributed by atoms with van der Waals surface area (Å²) in [6.07, 6.45) is 0.782. The van der Waals surface area contributed by atoms with Gasteiger partial charge in [-0.3, -0.25) is 4.90 Å². The van der Waals surface area contributed by atoms with Gasteiger partial charge in [-0.1, -0.05) is 71.4 Å². The van der Waals surface area contributed by atoms with E-state index in [4.69, 9.17) is 9.51 Å². The van der Waals surface area contributed by atoms with Gasteiger partial charge in [0.25, 0.3) is 5.89 Å². The first-order chi connectivity index (χ1) is 16.1. The molecule has 2 amide bonds. The summed E-state index contributed by atoms with van der Waals surface area (Å²) in [5.74, 6) is 0.939. The van der Waals surface area contributed by atoms with Crippen LogP contribution in [-0.4, -0.2) is 27.6 Å². The van der Waals surface area contributed by atoms with Gasteiger partial charge in [0.15, 0.2) is 0 Å². The maximum Gasteiger partial charge on any atom is 0.322 e. The van der Waals surface area contributed by atoms with E-state index in [1.165, 1.54) is 4.88 Å². The lowest BCUT2D eigenvalue weighted by Crippen LogP contribution is -2.46. The molecule has 33 heavy (non-hydrogen) atoms. The fraction of sp³-hybridized carbons (Fsp3) is 0.192. The Kier molecular flexibility index (Phi) is 5.79. The number of rotatable bonds is 6. The number of nitrogens with one attached hydrogen (secondary N) is 1. The highest BCUT2D eigenvalue weighted by Crippen LogP contribution is 2.37. The molecule has 1 atom stereocenters. The minimum atomic E-state index is -0.375. The molecule has 0 radical (unpaired) electrons. The fourth-order valence-electron chi connectivity index (χ4n) is 4.05. The minimum Gasteiger partial charge on any atom is -0.334 e. The number of benzene rings is 2. The van der Waals surface area contributed by atoms with E-state index in [1.54, 1.807) is 16.2 Å². The van der Waals surface area contributed by atoms with Crippen molar-refractivity contribution >= 4 is 22.9 Å². The van der Waals surface area contributed by atoms with Gasteiger partial charge in [-0.15, -0.1) is 11.3 Å². The molecule has 0 aliphatic carbocycles. The SMILES string of the molecule is CC1=C(c2nc(-c3ccccc3)no2)C(c2ccc(C)cc2)NC(=O)N1CCc1cccs1. The van der Waals surface area contributed by atoms with E-state index in [1.807, 2.05) is 74.5 Å². The maximum absolute atomic E-state index is 13.1. The first-order valence-electron chi connectivity index (χ1n) is 10.9. The number of hydrogen-bond donors (Lipinski definition) is 1. The predicted octanol–water partition coefficient (Wildman–Crippen LogP) is 5.85. The standard InChI is InChI=1S/C26H24N4O2S/c1-17-10-12-19(13-11-17)23-22(25-28-24(29-32-25)20-7-4-3-5-8-20)18(2)30(26(31)27-23)15-14-21-9-6-16-33-21/h3-13,16,23H,14-15H2,1-2H3,(H,27,31). The van der Waals surface area contributed by atoms with E-state index in [2.05, 4.69) is 21.9 Å². The van der Waals surface area contributed by atoms with Gasteiger partial charge in [-0.25, -0.2) is 4.79 Å². The number of hydrogen-bond acceptors (Lipinski definition) is 5. The van der Waals surface area contributed by atoms with E-state index in [0.717, 1.165) is 34.4 Å². The zero-order valence-corrected chi connectivity index (χ0v) is 19.3. The van der Waals surface area contributed by atoms with Crippen LogP contribution in [0.3, 0.4) is 0 Å². The van der Waals surface area contributed by atoms with Crippen LogP contribution in [0.5, 0.6) is 0 Å². The number of aromatic nitrogens is 2. The van der Waals surface area contributed by atoms with E-state index < -0.39 is 0 Å². The van der Waals surface area contributed by atoms with Crippen molar-refractivity contribution in [3.05, 3.63) is 99.7 Å². The van der Waals surface area contributed by atoms with Crippen molar-refractivity contribution in [2.24, 2.45) is 0 Å². The predicted molar refractivity (Wildman–Crippen MR) is 130 cm³/mol. The monoisotopic (exact) mass is 456 g/mol. The molecular formula is C26H24N4O2S. The summed E-state index contributed by atoms with van der Waals surface area (Å²) < 4.78 is 5.74. The molecular weight excluding hydrogens is 432 g/mol. The molecule has 0 saturated carbocycles. The Labute approximate surface area is 196 Å². The Balaban J connectivity index is 1.55. The van der Waals surface area contributed by atoms with E-state index >= 15 is 0 Å². The Hall–Kier alpha value is -3.71. The molecule has 0 spiro atoms. The number of nitrogens with zero attached hydrogens (tertiary/aromatic N) is 3. The zero-order valence-electron chi connectivity index (χ0n) is 18.5. The quantitative estimate of drug-likeness (QED) is 0.395. The number of thiophene rings is 1. The second-order valence-corrected chi connectivity index (χ2v) is 9.09. The van der Waals surface area contributed by atoms with Crippen LogP contribution < -0.4 is 5.32 Å². The highest BCUT2D eigenvalue weighted by atomic mass is 32.1. The fourth-order valence-corrected chi connectivity index (χ4v) is 4.75. The number of urea groups is 1. The summed E-state index contributed by atoms with van der Waals surface area (Å²) in [6, 6.07) is 21.5. The Morgan fingerprint density at radius 3 is 2.55 bits per heavy atom. The summed E-state index contributed by atoms with van der Waals surface area (Å²) in [5, 5.41) is 9.44.